The van der Waals surface area contributed by atoms with Crippen LogP contribution >= 0.6 is 0 Å². The fraction of sp³-hybridized carbons (Fsp3) is 0.754. The third-order valence-corrected chi connectivity index (χ3v) is 13.4. The predicted octanol–water partition coefficient (Wildman–Crippen LogP) is 10.4. The van der Waals surface area contributed by atoms with Crippen LogP contribution in [0.3, 0.4) is 0 Å². The minimum atomic E-state index is -1.71. The van der Waals surface area contributed by atoms with Crippen molar-refractivity contribution < 1.29 is 69.0 Å². The lowest BCUT2D eigenvalue weighted by Crippen LogP contribution is -2.61. The molecular weight excluding hydrogens is 957 g/mol. The van der Waals surface area contributed by atoms with Crippen molar-refractivity contribution in [2.24, 2.45) is 0 Å². The molecule has 0 radical (unpaired) electrons. The van der Waals surface area contributed by atoms with Gasteiger partial charge in [0.25, 0.3) is 0 Å². The summed E-state index contributed by atoms with van der Waals surface area (Å²) in [5, 5.41) is 72.4. The Hall–Kier alpha value is -2.83. The topological polar surface area (TPSA) is 214 Å². The third kappa shape index (κ3) is 33.9. The number of unbranched alkanes of at least 4 members (excludes halogenated alkanes) is 18. The van der Waals surface area contributed by atoms with Crippen LogP contribution in [0.1, 0.15) is 194 Å². The van der Waals surface area contributed by atoms with Gasteiger partial charge in [-0.25, -0.2) is 0 Å². The third-order valence-electron chi connectivity index (χ3n) is 13.4. The predicted molar refractivity (Wildman–Crippen MR) is 298 cm³/mol. The zero-order valence-electron chi connectivity index (χ0n) is 46.3. The first-order valence-corrected chi connectivity index (χ1v) is 29.2. The van der Waals surface area contributed by atoms with Crippen LogP contribution in [0.15, 0.2) is 85.1 Å². The van der Waals surface area contributed by atoms with E-state index < -0.39 is 80.7 Å². The second-order valence-electron chi connectivity index (χ2n) is 20.1. The number of carbonyl (C=O) groups is 1. The van der Waals surface area contributed by atoms with E-state index in [1.165, 1.54) is 70.6 Å². The highest BCUT2D eigenvalue weighted by Gasteiger charge is 2.47. The molecule has 2 heterocycles. The van der Waals surface area contributed by atoms with Crippen molar-refractivity contribution in [2.45, 2.75) is 261 Å². The van der Waals surface area contributed by atoms with Gasteiger partial charge in [-0.1, -0.05) is 189 Å². The standard InChI is InChI=1S/C61H104O14/c1-3-5-7-9-11-13-15-17-19-21-23-24-25-26-27-28-30-32-34-36-38-40-42-44-53(63)73-50(47-70-45-43-41-39-37-35-33-31-29-22-20-18-16-14-12-10-8-6-4-2)48-71-60-59(69)57(67)55(65)52(75-60)49-72-61-58(68)56(66)54(64)51(46-62)74-61/h5-8,11-14,17-20,23-24,50-52,54-62,64-69H,3-4,9-10,15-16,21-22,25-49H2,1-2H3/b7-5-,8-6-,13-11-,14-12-,19-17-,20-18-,24-23-. The number of aliphatic hydroxyl groups is 7. The largest absolute Gasteiger partial charge is 0.457 e. The lowest BCUT2D eigenvalue weighted by atomic mass is 9.98. The van der Waals surface area contributed by atoms with Gasteiger partial charge in [0.15, 0.2) is 12.6 Å². The quantitative estimate of drug-likeness (QED) is 0.0172. The summed E-state index contributed by atoms with van der Waals surface area (Å²) < 4.78 is 34.4. The van der Waals surface area contributed by atoms with Gasteiger partial charge in [-0.15, -0.1) is 0 Å². The van der Waals surface area contributed by atoms with Gasteiger partial charge in [0.1, 0.15) is 54.9 Å². The number of allylic oxidation sites excluding steroid dienone is 14. The van der Waals surface area contributed by atoms with Crippen LogP contribution in [0.2, 0.25) is 0 Å². The lowest BCUT2D eigenvalue weighted by molar-refractivity contribution is -0.332. The highest BCUT2D eigenvalue weighted by molar-refractivity contribution is 5.69. The molecule has 0 aromatic rings. The Balaban J connectivity index is 1.71. The number of carbonyl (C=O) groups excluding carboxylic acids is 1. The molecule has 0 bridgehead atoms. The minimum Gasteiger partial charge on any atom is -0.457 e. The SMILES string of the molecule is CC/C=C\C/C=C\C/C=C\C/C=C\CCCCCCCCCCCCC(=O)OC(COCCCCCCCCCC/C=C\C/C=C\C/C=C\CC)COC1OC(COC2OC(CO)C(O)C(O)C2O)C(O)C(O)C1O. The van der Waals surface area contributed by atoms with Gasteiger partial charge in [-0.3, -0.25) is 4.79 Å². The Morgan fingerprint density at radius 1 is 0.440 bits per heavy atom. The summed E-state index contributed by atoms with van der Waals surface area (Å²) in [6.45, 7) is 3.44. The summed E-state index contributed by atoms with van der Waals surface area (Å²) in [6, 6.07) is 0. The van der Waals surface area contributed by atoms with E-state index in [1.54, 1.807) is 0 Å². The van der Waals surface area contributed by atoms with E-state index in [0.29, 0.717) is 13.0 Å². The molecule has 0 aliphatic carbocycles. The maximum absolute atomic E-state index is 13.1. The van der Waals surface area contributed by atoms with Crippen LogP contribution in [0.25, 0.3) is 0 Å². The van der Waals surface area contributed by atoms with Crippen LogP contribution in [-0.4, -0.2) is 142 Å². The summed E-state index contributed by atoms with van der Waals surface area (Å²) in [4.78, 5) is 13.1. The van der Waals surface area contributed by atoms with Gasteiger partial charge in [-0.2, -0.15) is 0 Å². The molecule has 432 valence electrons. The first-order chi connectivity index (χ1) is 36.6. The van der Waals surface area contributed by atoms with E-state index in [1.807, 2.05) is 0 Å². The van der Waals surface area contributed by atoms with Crippen molar-refractivity contribution in [2.75, 3.05) is 33.0 Å². The summed E-state index contributed by atoms with van der Waals surface area (Å²) in [5.41, 5.74) is 0. The molecule has 7 N–H and O–H groups in total. The van der Waals surface area contributed by atoms with Gasteiger partial charge in [-0.05, 0) is 83.5 Å². The fourth-order valence-corrected chi connectivity index (χ4v) is 8.76. The molecule has 0 aromatic carbocycles. The summed E-state index contributed by atoms with van der Waals surface area (Å²) in [6.07, 6.45) is 44.9. The van der Waals surface area contributed by atoms with Gasteiger partial charge in [0.2, 0.25) is 0 Å². The monoisotopic (exact) mass is 1060 g/mol. The summed E-state index contributed by atoms with van der Waals surface area (Å²) in [7, 11) is 0. The van der Waals surface area contributed by atoms with Crippen molar-refractivity contribution in [3.05, 3.63) is 85.1 Å². The Labute approximate surface area is 452 Å². The highest BCUT2D eigenvalue weighted by atomic mass is 16.7. The van der Waals surface area contributed by atoms with Crippen LogP contribution in [0.5, 0.6) is 0 Å². The Morgan fingerprint density at radius 2 is 0.827 bits per heavy atom. The molecule has 14 nitrogen and oxygen atoms in total. The molecule has 2 aliphatic heterocycles. The smallest absolute Gasteiger partial charge is 0.306 e. The van der Waals surface area contributed by atoms with Gasteiger partial charge >= 0.3 is 5.97 Å². The molecule has 0 aromatic heterocycles. The molecule has 2 fully saturated rings. The van der Waals surface area contributed by atoms with Crippen molar-refractivity contribution >= 4 is 5.97 Å². The Bertz CT molecular complexity index is 1560. The molecule has 2 saturated heterocycles. The number of hydrogen-bond acceptors (Lipinski definition) is 14. The molecule has 11 unspecified atom stereocenters. The molecule has 0 saturated carbocycles. The maximum Gasteiger partial charge on any atom is 0.306 e. The first-order valence-electron chi connectivity index (χ1n) is 29.2. The molecule has 75 heavy (non-hydrogen) atoms. The van der Waals surface area contributed by atoms with Crippen molar-refractivity contribution in [1.82, 2.24) is 0 Å². The Morgan fingerprint density at radius 3 is 1.29 bits per heavy atom. The Kier molecular flexibility index (Phi) is 43.0. The molecular formula is C61H104O14. The lowest BCUT2D eigenvalue weighted by Gasteiger charge is -2.42. The van der Waals surface area contributed by atoms with Crippen LogP contribution in [-0.2, 0) is 33.2 Å². The first kappa shape index (κ1) is 68.3. The molecule has 14 heteroatoms. The summed E-state index contributed by atoms with van der Waals surface area (Å²) in [5.74, 6) is -0.386. The van der Waals surface area contributed by atoms with E-state index in [-0.39, 0.29) is 25.6 Å². The summed E-state index contributed by atoms with van der Waals surface area (Å²) >= 11 is 0. The fourth-order valence-electron chi connectivity index (χ4n) is 8.76. The normalized spacial score (nSPS) is 25.2. The minimum absolute atomic E-state index is 0.0504. The van der Waals surface area contributed by atoms with E-state index in [0.717, 1.165) is 96.3 Å². The molecule has 2 rings (SSSR count). The van der Waals surface area contributed by atoms with Crippen LogP contribution in [0, 0.1) is 0 Å². The molecule has 0 amide bonds. The van der Waals surface area contributed by atoms with Gasteiger partial charge in [0, 0.05) is 13.0 Å². The van der Waals surface area contributed by atoms with Crippen molar-refractivity contribution in [1.29, 1.82) is 0 Å². The average Bonchev–Trinajstić information content (AvgIpc) is 3.41. The second-order valence-corrected chi connectivity index (χ2v) is 20.1. The molecule has 11 atom stereocenters. The van der Waals surface area contributed by atoms with Gasteiger partial charge < -0.3 is 64.2 Å². The van der Waals surface area contributed by atoms with E-state index in [9.17, 15) is 40.5 Å². The average molecular weight is 1060 g/mol. The van der Waals surface area contributed by atoms with Crippen LogP contribution < -0.4 is 0 Å². The van der Waals surface area contributed by atoms with Crippen molar-refractivity contribution in [3.63, 3.8) is 0 Å². The number of rotatable bonds is 46. The number of ether oxygens (including phenoxy) is 6. The molecule has 2 aliphatic rings. The molecule has 0 spiro atoms. The number of hydrogen-bond donors (Lipinski definition) is 7. The number of esters is 1. The van der Waals surface area contributed by atoms with Crippen molar-refractivity contribution in [3.8, 4) is 0 Å². The number of aliphatic hydroxyl groups excluding tert-OH is 7. The van der Waals surface area contributed by atoms with E-state index in [4.69, 9.17) is 28.4 Å². The van der Waals surface area contributed by atoms with Gasteiger partial charge in [0.05, 0.1) is 26.4 Å². The second kappa shape index (κ2) is 47.2. The zero-order valence-corrected chi connectivity index (χ0v) is 46.3. The van der Waals surface area contributed by atoms with Crippen LogP contribution in [0.4, 0.5) is 0 Å². The van der Waals surface area contributed by atoms with E-state index >= 15 is 0 Å². The highest BCUT2D eigenvalue weighted by Crippen LogP contribution is 2.26. The zero-order chi connectivity index (χ0) is 54.4. The van der Waals surface area contributed by atoms with E-state index in [2.05, 4.69) is 98.9 Å². The maximum atomic E-state index is 13.1.